The van der Waals surface area contributed by atoms with Gasteiger partial charge in [-0.1, -0.05) is 11.8 Å². The number of halogens is 2. The predicted molar refractivity (Wildman–Crippen MR) is 135 cm³/mol. The Labute approximate surface area is 210 Å². The summed E-state index contributed by atoms with van der Waals surface area (Å²) in [6.45, 7) is 5.49. The van der Waals surface area contributed by atoms with Crippen LogP contribution in [0.25, 0.3) is 0 Å². The molecule has 4 bridgehead atoms. The third-order valence-electron chi connectivity index (χ3n) is 7.84. The van der Waals surface area contributed by atoms with E-state index in [0.29, 0.717) is 5.75 Å². The van der Waals surface area contributed by atoms with Gasteiger partial charge in [0, 0.05) is 30.9 Å². The number of hydrogen-bond donors (Lipinski definition) is 0. The number of amidine groups is 1. The van der Waals surface area contributed by atoms with Crippen LogP contribution in [0, 0.1) is 33.7 Å². The molecule has 1 amide bonds. The van der Waals surface area contributed by atoms with Gasteiger partial charge < -0.3 is 4.90 Å². The molecule has 5 aliphatic rings. The number of benzene rings is 1. The van der Waals surface area contributed by atoms with Gasteiger partial charge in [-0.15, -0.1) is 12.4 Å². The summed E-state index contributed by atoms with van der Waals surface area (Å²) in [6, 6.07) is 3.39. The van der Waals surface area contributed by atoms with E-state index < -0.39 is 16.9 Å². The minimum Gasteiger partial charge on any atom is -0.327 e. The highest BCUT2D eigenvalue weighted by atomic mass is 35.5. The Morgan fingerprint density at radius 2 is 1.82 bits per heavy atom. The maximum absolute atomic E-state index is 14.8. The molecule has 6 rings (SSSR count). The standard InChI is InChI=1S/C24H31FN4O3S.ClH/c1-14(2)27-22(28(15(3)30)21-9-19(29(31)32)4-5-20(21)25)13-33-23(27)26-24-10-16-6-17(11-24)8-18(7-16)12-24;/h4-5,9,14,16-18,22H,6-8,10-13H2,1-3H3;1H. The zero-order chi connectivity index (χ0) is 23.5. The molecule has 34 heavy (non-hydrogen) atoms. The van der Waals surface area contributed by atoms with Crippen molar-refractivity contribution in [3.63, 3.8) is 0 Å². The van der Waals surface area contributed by atoms with Crippen LogP contribution >= 0.6 is 24.2 Å². The van der Waals surface area contributed by atoms with Crippen molar-refractivity contribution < 1.29 is 14.1 Å². The largest absolute Gasteiger partial charge is 0.327 e. The molecule has 1 aromatic carbocycles. The van der Waals surface area contributed by atoms with E-state index in [4.69, 9.17) is 4.99 Å². The van der Waals surface area contributed by atoms with Crippen LogP contribution in [0.5, 0.6) is 0 Å². The first kappa shape index (κ1) is 25.2. The Hall–Kier alpha value is -1.87. The lowest BCUT2D eigenvalue weighted by Crippen LogP contribution is -2.54. The van der Waals surface area contributed by atoms with Crippen LogP contribution in [-0.2, 0) is 4.79 Å². The summed E-state index contributed by atoms with van der Waals surface area (Å²) >= 11 is 1.62. The van der Waals surface area contributed by atoms with Crippen LogP contribution in [0.4, 0.5) is 15.8 Å². The van der Waals surface area contributed by atoms with Crippen molar-refractivity contribution in [2.75, 3.05) is 10.7 Å². The molecular formula is C24H32ClFN4O3S. The second-order valence-corrected chi connectivity index (χ2v) is 11.6. The summed E-state index contributed by atoms with van der Waals surface area (Å²) in [4.78, 5) is 32.4. The highest BCUT2D eigenvalue weighted by molar-refractivity contribution is 8.14. The quantitative estimate of drug-likeness (QED) is 0.379. The van der Waals surface area contributed by atoms with E-state index in [-0.39, 0.29) is 41.3 Å². The zero-order valence-corrected chi connectivity index (χ0v) is 21.4. The fourth-order valence-corrected chi connectivity index (χ4v) is 8.38. The van der Waals surface area contributed by atoms with Crippen molar-refractivity contribution in [1.29, 1.82) is 0 Å². The van der Waals surface area contributed by atoms with Crippen molar-refractivity contribution in [2.45, 2.75) is 77.0 Å². The van der Waals surface area contributed by atoms with E-state index in [1.807, 2.05) is 0 Å². The second kappa shape index (κ2) is 9.30. The molecule has 1 unspecified atom stereocenters. The third kappa shape index (κ3) is 4.41. The van der Waals surface area contributed by atoms with Crippen molar-refractivity contribution in [3.8, 4) is 0 Å². The van der Waals surface area contributed by atoms with Crippen molar-refractivity contribution >= 4 is 46.6 Å². The number of carbonyl (C=O) groups excluding carboxylic acids is 1. The Morgan fingerprint density at radius 1 is 1.24 bits per heavy atom. The molecule has 1 aromatic rings. The van der Waals surface area contributed by atoms with E-state index in [1.165, 1.54) is 31.1 Å². The molecule has 0 radical (unpaired) electrons. The van der Waals surface area contributed by atoms with Gasteiger partial charge in [0.15, 0.2) is 5.17 Å². The van der Waals surface area contributed by atoms with Gasteiger partial charge in [-0.3, -0.25) is 24.8 Å². The van der Waals surface area contributed by atoms with Crippen LogP contribution in [0.3, 0.4) is 0 Å². The number of amides is 1. The Kier molecular flexibility index (Phi) is 6.90. The maximum Gasteiger partial charge on any atom is 0.271 e. The van der Waals surface area contributed by atoms with E-state index in [1.54, 1.807) is 11.8 Å². The highest BCUT2D eigenvalue weighted by Crippen LogP contribution is 2.57. The lowest BCUT2D eigenvalue weighted by Gasteiger charge is -2.55. The average Bonchev–Trinajstić information content (AvgIpc) is 3.10. The van der Waals surface area contributed by atoms with Gasteiger partial charge >= 0.3 is 0 Å². The summed E-state index contributed by atoms with van der Waals surface area (Å²) in [7, 11) is 0. The molecule has 1 heterocycles. The van der Waals surface area contributed by atoms with Gasteiger partial charge in [-0.05, 0) is 76.2 Å². The van der Waals surface area contributed by atoms with E-state index in [0.717, 1.165) is 60.4 Å². The van der Waals surface area contributed by atoms with E-state index in [9.17, 15) is 19.3 Å². The summed E-state index contributed by atoms with van der Waals surface area (Å²) in [6.07, 6.45) is 7.03. The molecule has 0 aromatic heterocycles. The number of aliphatic imine (C=N–C) groups is 1. The Morgan fingerprint density at radius 3 is 2.32 bits per heavy atom. The van der Waals surface area contributed by atoms with Gasteiger partial charge in [-0.2, -0.15) is 0 Å². The van der Waals surface area contributed by atoms with Crippen molar-refractivity contribution in [3.05, 3.63) is 34.1 Å². The number of nitro benzene ring substituents is 1. The Bertz CT molecular complexity index is 985. The summed E-state index contributed by atoms with van der Waals surface area (Å²) in [5, 5.41) is 12.2. The van der Waals surface area contributed by atoms with Gasteiger partial charge in [0.2, 0.25) is 5.91 Å². The van der Waals surface area contributed by atoms with Crippen molar-refractivity contribution in [1.82, 2.24) is 4.90 Å². The number of thioether (sulfide) groups is 1. The molecule has 1 aliphatic heterocycles. The van der Waals surface area contributed by atoms with Gasteiger partial charge in [0.05, 0.1) is 16.1 Å². The van der Waals surface area contributed by atoms with Gasteiger partial charge in [-0.25, -0.2) is 4.39 Å². The van der Waals surface area contributed by atoms with E-state index >= 15 is 0 Å². The molecular weight excluding hydrogens is 479 g/mol. The number of nitro groups is 1. The molecule has 4 saturated carbocycles. The lowest BCUT2D eigenvalue weighted by atomic mass is 9.53. The first-order valence-electron chi connectivity index (χ1n) is 11.9. The SMILES string of the molecule is CC(=O)N(c1cc([N+](=O)[O-])ccc1F)C1CSC(=NC23CC4CC(CC(C4)C2)C3)N1C(C)C.Cl. The first-order valence-corrected chi connectivity index (χ1v) is 12.9. The normalized spacial score (nSPS) is 32.9. The van der Waals surface area contributed by atoms with Gasteiger partial charge in [0.1, 0.15) is 12.0 Å². The minimum atomic E-state index is -0.643. The fourth-order valence-electron chi connectivity index (χ4n) is 7.03. The number of nitrogens with zero attached hydrogens (tertiary/aromatic N) is 4. The number of hydrogen-bond acceptors (Lipinski definition) is 5. The monoisotopic (exact) mass is 510 g/mol. The van der Waals surface area contributed by atoms with Crippen LogP contribution in [0.2, 0.25) is 0 Å². The number of non-ortho nitro benzene ring substituents is 1. The molecule has 0 spiro atoms. The van der Waals surface area contributed by atoms with Crippen LogP contribution < -0.4 is 4.90 Å². The molecule has 4 aliphatic carbocycles. The number of carbonyl (C=O) groups is 1. The molecule has 5 fully saturated rings. The topological polar surface area (TPSA) is 79.0 Å². The van der Waals surface area contributed by atoms with Crippen molar-refractivity contribution in [2.24, 2.45) is 22.7 Å². The summed E-state index contributed by atoms with van der Waals surface area (Å²) in [5.41, 5.74) is -0.289. The van der Waals surface area contributed by atoms with Crippen LogP contribution in [0.1, 0.15) is 59.3 Å². The van der Waals surface area contributed by atoms with Crippen LogP contribution in [-0.4, -0.2) is 44.4 Å². The molecule has 1 atom stereocenters. The van der Waals surface area contributed by atoms with Gasteiger partial charge in [0.25, 0.3) is 5.69 Å². The highest BCUT2D eigenvalue weighted by Gasteiger charge is 2.52. The zero-order valence-electron chi connectivity index (χ0n) is 19.8. The lowest BCUT2D eigenvalue weighted by molar-refractivity contribution is -0.384. The maximum atomic E-state index is 14.8. The van der Waals surface area contributed by atoms with E-state index in [2.05, 4.69) is 18.7 Å². The first-order chi connectivity index (χ1) is 15.7. The van der Waals surface area contributed by atoms with Crippen LogP contribution in [0.15, 0.2) is 23.2 Å². The Balaban J connectivity index is 0.00000274. The molecule has 1 saturated heterocycles. The number of rotatable bonds is 5. The summed E-state index contributed by atoms with van der Waals surface area (Å²) in [5.74, 6) is 1.90. The average molecular weight is 511 g/mol. The smallest absolute Gasteiger partial charge is 0.271 e. The molecule has 186 valence electrons. The number of anilines is 1. The molecule has 10 heteroatoms. The fraction of sp³-hybridized carbons (Fsp3) is 0.667. The molecule has 7 nitrogen and oxygen atoms in total. The third-order valence-corrected chi connectivity index (χ3v) is 8.86. The predicted octanol–water partition coefficient (Wildman–Crippen LogP) is 5.62. The summed E-state index contributed by atoms with van der Waals surface area (Å²) < 4.78 is 14.8. The minimum absolute atomic E-state index is 0. The second-order valence-electron chi connectivity index (χ2n) is 10.6. The molecule has 0 N–H and O–H groups in total.